The molecule has 0 aliphatic carbocycles. The summed E-state index contributed by atoms with van der Waals surface area (Å²) in [6.07, 6.45) is 3.22. The van der Waals surface area contributed by atoms with Crippen LogP contribution in [-0.2, 0) is 16.6 Å². The number of aliphatic carboxylic acids is 1. The lowest BCUT2D eigenvalue weighted by molar-refractivity contribution is -0.148. The summed E-state index contributed by atoms with van der Waals surface area (Å²) >= 11 is 0. The summed E-state index contributed by atoms with van der Waals surface area (Å²) in [4.78, 5) is 17.1. The van der Waals surface area contributed by atoms with Crippen LogP contribution in [0.5, 0.6) is 5.75 Å². The van der Waals surface area contributed by atoms with Gasteiger partial charge in [0.15, 0.2) is 5.41 Å². The van der Waals surface area contributed by atoms with Gasteiger partial charge in [-0.25, -0.2) is 0 Å². The second-order valence-electron chi connectivity index (χ2n) is 8.21. The van der Waals surface area contributed by atoms with Crippen molar-refractivity contribution in [2.24, 2.45) is 5.41 Å². The molecule has 0 fully saturated rings. The van der Waals surface area contributed by atoms with Crippen LogP contribution >= 0.6 is 0 Å². The van der Waals surface area contributed by atoms with E-state index in [4.69, 9.17) is 4.74 Å². The highest BCUT2D eigenvalue weighted by atomic mass is 16.5. The Hall–Kier alpha value is -4.17. The van der Waals surface area contributed by atoms with Crippen molar-refractivity contribution in [3.8, 4) is 11.8 Å². The van der Waals surface area contributed by atoms with Gasteiger partial charge < -0.3 is 9.84 Å². The molecule has 3 aromatic carbocycles. The Morgan fingerprint density at radius 3 is 2.30 bits per heavy atom. The third kappa shape index (κ3) is 3.50. The zero-order valence-corrected chi connectivity index (χ0v) is 18.5. The molecular formula is C28H24N2O3. The first-order valence-electron chi connectivity index (χ1n) is 10.6. The minimum atomic E-state index is -1.84. The summed E-state index contributed by atoms with van der Waals surface area (Å²) in [5.41, 5.74) is -0.988. The average Bonchev–Trinajstić information content (AvgIpc) is 2.86. The van der Waals surface area contributed by atoms with Gasteiger partial charge >= 0.3 is 5.97 Å². The maximum absolute atomic E-state index is 13.1. The van der Waals surface area contributed by atoms with E-state index in [0.29, 0.717) is 11.3 Å². The predicted molar refractivity (Wildman–Crippen MR) is 127 cm³/mol. The molecule has 0 radical (unpaired) electrons. The number of methoxy groups -OCH3 is 1. The van der Waals surface area contributed by atoms with Crippen molar-refractivity contribution in [1.82, 2.24) is 4.98 Å². The molecule has 2 atom stereocenters. The van der Waals surface area contributed by atoms with Gasteiger partial charge in [-0.2, -0.15) is 5.26 Å². The number of para-hydroxylation sites is 1. The topological polar surface area (TPSA) is 83.2 Å². The summed E-state index contributed by atoms with van der Waals surface area (Å²) in [6, 6.07) is 26.7. The van der Waals surface area contributed by atoms with E-state index in [1.165, 1.54) is 0 Å². The fraction of sp³-hybridized carbons (Fsp3) is 0.179. The van der Waals surface area contributed by atoms with E-state index < -0.39 is 16.8 Å². The van der Waals surface area contributed by atoms with Crippen molar-refractivity contribution in [3.63, 3.8) is 0 Å². The number of carboxylic acid groups (broad SMARTS) is 1. The van der Waals surface area contributed by atoms with E-state index in [-0.39, 0.29) is 6.42 Å². The smallest absolute Gasteiger partial charge is 0.325 e. The molecule has 0 aliphatic rings. The first-order chi connectivity index (χ1) is 16.0. The minimum Gasteiger partial charge on any atom is -0.496 e. The van der Waals surface area contributed by atoms with Gasteiger partial charge in [0, 0.05) is 24.4 Å². The maximum atomic E-state index is 13.1. The number of nitriles is 1. The molecule has 0 aliphatic heterocycles. The van der Waals surface area contributed by atoms with Gasteiger partial charge in [-0.15, -0.1) is 0 Å². The summed E-state index contributed by atoms with van der Waals surface area (Å²) in [5.74, 6) is -0.660. The van der Waals surface area contributed by atoms with Crippen molar-refractivity contribution < 1.29 is 14.6 Å². The van der Waals surface area contributed by atoms with Crippen LogP contribution in [0, 0.1) is 16.7 Å². The van der Waals surface area contributed by atoms with Gasteiger partial charge in [-0.05, 0) is 47.0 Å². The van der Waals surface area contributed by atoms with Crippen molar-refractivity contribution in [3.05, 3.63) is 108 Å². The van der Waals surface area contributed by atoms with Crippen molar-refractivity contribution in [2.45, 2.75) is 18.8 Å². The number of benzene rings is 3. The lowest BCUT2D eigenvalue weighted by atomic mass is 9.55. The van der Waals surface area contributed by atoms with Gasteiger partial charge in [0.05, 0.1) is 18.6 Å². The van der Waals surface area contributed by atoms with E-state index in [2.05, 4.69) is 11.1 Å². The normalized spacial score (nSPS) is 14.6. The molecule has 33 heavy (non-hydrogen) atoms. The molecule has 164 valence electrons. The maximum Gasteiger partial charge on any atom is 0.325 e. The molecule has 0 saturated heterocycles. The Labute approximate surface area is 192 Å². The van der Waals surface area contributed by atoms with Crippen molar-refractivity contribution in [2.75, 3.05) is 7.11 Å². The average molecular weight is 437 g/mol. The molecule has 4 rings (SSSR count). The first-order valence-corrected chi connectivity index (χ1v) is 10.6. The Morgan fingerprint density at radius 2 is 1.61 bits per heavy atom. The molecule has 0 saturated carbocycles. The van der Waals surface area contributed by atoms with Gasteiger partial charge in [-0.1, -0.05) is 60.7 Å². The van der Waals surface area contributed by atoms with Crippen LogP contribution in [0.4, 0.5) is 0 Å². The number of carboxylic acids is 1. The highest BCUT2D eigenvalue weighted by Crippen LogP contribution is 2.53. The third-order valence-electron chi connectivity index (χ3n) is 6.60. The van der Waals surface area contributed by atoms with Crippen LogP contribution in [0.25, 0.3) is 10.8 Å². The fourth-order valence-corrected chi connectivity index (χ4v) is 4.80. The molecule has 1 N–H and O–H groups in total. The van der Waals surface area contributed by atoms with E-state index in [9.17, 15) is 15.2 Å². The van der Waals surface area contributed by atoms with Crippen LogP contribution < -0.4 is 4.74 Å². The molecule has 5 heteroatoms. The third-order valence-corrected chi connectivity index (χ3v) is 6.60. The lowest BCUT2D eigenvalue weighted by Gasteiger charge is -2.43. The highest BCUT2D eigenvalue weighted by Gasteiger charge is 2.58. The van der Waals surface area contributed by atoms with Crippen LogP contribution in [0.3, 0.4) is 0 Å². The number of fused-ring (bicyclic) bond motifs is 1. The summed E-state index contributed by atoms with van der Waals surface area (Å²) < 4.78 is 5.68. The number of ether oxygens (including phenoxy) is 1. The predicted octanol–water partition coefficient (Wildman–Crippen LogP) is 5.39. The molecule has 4 aromatic rings. The Morgan fingerprint density at radius 1 is 0.970 bits per heavy atom. The Balaban J connectivity index is 2.14. The molecule has 0 bridgehead atoms. The Kier molecular flexibility index (Phi) is 5.85. The minimum absolute atomic E-state index is 0.000870. The lowest BCUT2D eigenvalue weighted by Crippen LogP contribution is -2.51. The fourth-order valence-electron chi connectivity index (χ4n) is 4.80. The van der Waals surface area contributed by atoms with E-state index in [1.54, 1.807) is 37.7 Å². The van der Waals surface area contributed by atoms with Crippen LogP contribution in [-0.4, -0.2) is 23.2 Å². The summed E-state index contributed by atoms with van der Waals surface area (Å²) in [6.45, 7) is 1.84. The standard InChI is InChI=1S/C28H24N2O3/c1-27(24-11-5-6-13-25(24)33-2,23-12-7-9-21-8-3-4-10-22(21)23)28(19-29,26(31)32)18-20-14-16-30-17-15-20/h3-17H,18H2,1-2H3,(H,31,32)/t27-,28-/m0/s1. The van der Waals surface area contributed by atoms with Crippen molar-refractivity contribution in [1.29, 1.82) is 5.26 Å². The number of hydrogen-bond donors (Lipinski definition) is 1. The van der Waals surface area contributed by atoms with E-state index in [0.717, 1.165) is 21.9 Å². The number of aromatic nitrogens is 1. The van der Waals surface area contributed by atoms with Crippen molar-refractivity contribution >= 4 is 16.7 Å². The monoisotopic (exact) mass is 436 g/mol. The van der Waals surface area contributed by atoms with Gasteiger partial charge in [-0.3, -0.25) is 9.78 Å². The second kappa shape index (κ2) is 8.76. The molecular weight excluding hydrogens is 412 g/mol. The van der Waals surface area contributed by atoms with Gasteiger partial charge in [0.2, 0.25) is 0 Å². The number of pyridine rings is 1. The number of carbonyl (C=O) groups is 1. The van der Waals surface area contributed by atoms with Gasteiger partial charge in [0.25, 0.3) is 0 Å². The number of rotatable bonds is 7. The molecule has 5 nitrogen and oxygen atoms in total. The second-order valence-corrected chi connectivity index (χ2v) is 8.21. The first kappa shape index (κ1) is 22.0. The van der Waals surface area contributed by atoms with E-state index >= 15 is 0 Å². The molecule has 0 unspecified atom stereocenters. The zero-order chi connectivity index (χ0) is 23.5. The highest BCUT2D eigenvalue weighted by molar-refractivity contribution is 5.91. The Bertz CT molecular complexity index is 1340. The molecule has 1 heterocycles. The van der Waals surface area contributed by atoms with Crippen LogP contribution in [0.1, 0.15) is 23.6 Å². The van der Waals surface area contributed by atoms with E-state index in [1.807, 2.05) is 67.6 Å². The van der Waals surface area contributed by atoms with Crippen LogP contribution in [0.2, 0.25) is 0 Å². The van der Waals surface area contributed by atoms with Crippen LogP contribution in [0.15, 0.2) is 91.3 Å². The SMILES string of the molecule is COc1ccccc1[C@](C)(c1cccc2ccccc12)[C@](C#N)(Cc1ccncc1)C(=O)O. The molecule has 1 aromatic heterocycles. The number of hydrogen-bond acceptors (Lipinski definition) is 4. The van der Waals surface area contributed by atoms with Gasteiger partial charge in [0.1, 0.15) is 5.75 Å². The largest absolute Gasteiger partial charge is 0.496 e. The quantitative estimate of drug-likeness (QED) is 0.420. The summed E-state index contributed by atoms with van der Waals surface area (Å²) in [7, 11) is 1.56. The molecule has 0 spiro atoms. The molecule has 0 amide bonds. The summed E-state index contributed by atoms with van der Waals surface area (Å²) in [5, 5.41) is 23.2. The number of nitrogens with zero attached hydrogens (tertiary/aromatic N) is 2. The zero-order valence-electron chi connectivity index (χ0n) is 18.5.